The van der Waals surface area contributed by atoms with Crippen molar-refractivity contribution >= 4 is 39.2 Å². The molecule has 108 valence electrons. The minimum Gasteiger partial charge on any atom is -0.430 e. The summed E-state index contributed by atoms with van der Waals surface area (Å²) < 4.78 is 30.7. The van der Waals surface area contributed by atoms with Crippen LogP contribution in [0.1, 0.15) is 5.56 Å². The molecule has 3 aromatic rings. The van der Waals surface area contributed by atoms with Crippen molar-refractivity contribution in [1.82, 2.24) is 4.98 Å². The van der Waals surface area contributed by atoms with Gasteiger partial charge in [-0.2, -0.15) is 0 Å². The van der Waals surface area contributed by atoms with Crippen molar-refractivity contribution in [3.63, 3.8) is 0 Å². The fourth-order valence-electron chi connectivity index (χ4n) is 1.86. The van der Waals surface area contributed by atoms with Crippen molar-refractivity contribution in [2.45, 2.75) is 11.0 Å². The molecule has 1 atom stereocenters. The van der Waals surface area contributed by atoms with E-state index < -0.39 is 16.6 Å². The SMILES string of the molecule is Nc1ccc2oc(S(=O)Cc3ccc(F)cc3Cl)nc2c1. The quantitative estimate of drug-likeness (QED) is 0.748. The summed E-state index contributed by atoms with van der Waals surface area (Å²) in [6, 6.07) is 8.94. The van der Waals surface area contributed by atoms with Crippen LogP contribution in [0.3, 0.4) is 0 Å². The number of nitrogens with zero attached hydrogens (tertiary/aromatic N) is 1. The van der Waals surface area contributed by atoms with E-state index in [-0.39, 0.29) is 16.0 Å². The van der Waals surface area contributed by atoms with E-state index in [1.165, 1.54) is 18.2 Å². The van der Waals surface area contributed by atoms with Crippen LogP contribution in [0.5, 0.6) is 0 Å². The third-order valence-corrected chi connectivity index (χ3v) is 4.38. The van der Waals surface area contributed by atoms with E-state index in [9.17, 15) is 8.60 Å². The highest BCUT2D eigenvalue weighted by atomic mass is 35.5. The monoisotopic (exact) mass is 324 g/mol. The molecular weight excluding hydrogens is 315 g/mol. The first kappa shape index (κ1) is 14.0. The molecule has 4 nitrogen and oxygen atoms in total. The Hall–Kier alpha value is -1.92. The van der Waals surface area contributed by atoms with E-state index in [1.54, 1.807) is 18.2 Å². The fraction of sp³-hybridized carbons (Fsp3) is 0.0714. The third kappa shape index (κ3) is 2.91. The minimum absolute atomic E-state index is 0.0935. The van der Waals surface area contributed by atoms with Crippen molar-refractivity contribution < 1.29 is 13.0 Å². The van der Waals surface area contributed by atoms with Gasteiger partial charge in [-0.05, 0) is 35.9 Å². The molecule has 2 aromatic carbocycles. The Morgan fingerprint density at radius 1 is 1.29 bits per heavy atom. The summed E-state index contributed by atoms with van der Waals surface area (Å²) in [4.78, 5) is 4.15. The van der Waals surface area contributed by atoms with Crippen LogP contribution >= 0.6 is 11.6 Å². The Morgan fingerprint density at radius 3 is 2.86 bits per heavy atom. The Bertz CT molecular complexity index is 850. The number of benzene rings is 2. The first-order valence-electron chi connectivity index (χ1n) is 6.01. The fourth-order valence-corrected chi connectivity index (χ4v) is 3.22. The average Bonchev–Trinajstić information content (AvgIpc) is 2.85. The zero-order valence-corrected chi connectivity index (χ0v) is 12.2. The number of oxazole rings is 1. The predicted octanol–water partition coefficient (Wildman–Crippen LogP) is 3.51. The molecule has 0 saturated carbocycles. The maximum absolute atomic E-state index is 13.0. The number of fused-ring (bicyclic) bond motifs is 1. The zero-order chi connectivity index (χ0) is 15.0. The second-order valence-corrected chi connectivity index (χ2v) is 6.17. The smallest absolute Gasteiger partial charge is 0.288 e. The van der Waals surface area contributed by atoms with E-state index >= 15 is 0 Å². The van der Waals surface area contributed by atoms with Crippen molar-refractivity contribution in [3.8, 4) is 0 Å². The number of hydrogen-bond donors (Lipinski definition) is 1. The van der Waals surface area contributed by atoms with E-state index in [4.69, 9.17) is 21.8 Å². The maximum Gasteiger partial charge on any atom is 0.288 e. The predicted molar refractivity (Wildman–Crippen MR) is 79.9 cm³/mol. The number of anilines is 1. The van der Waals surface area contributed by atoms with Crippen LogP contribution in [0.15, 0.2) is 46.0 Å². The van der Waals surface area contributed by atoms with Gasteiger partial charge < -0.3 is 10.2 Å². The van der Waals surface area contributed by atoms with Gasteiger partial charge in [0.15, 0.2) is 5.58 Å². The third-order valence-electron chi connectivity index (χ3n) is 2.89. The van der Waals surface area contributed by atoms with Crippen LogP contribution in [-0.2, 0) is 16.6 Å². The highest BCUT2D eigenvalue weighted by molar-refractivity contribution is 7.84. The van der Waals surface area contributed by atoms with E-state index in [0.717, 1.165) is 0 Å². The largest absolute Gasteiger partial charge is 0.430 e. The van der Waals surface area contributed by atoms with Crippen LogP contribution in [0.4, 0.5) is 10.1 Å². The molecule has 3 rings (SSSR count). The molecule has 1 unspecified atom stereocenters. The van der Waals surface area contributed by atoms with Gasteiger partial charge in [0.05, 0.1) is 5.75 Å². The second-order valence-electron chi connectivity index (χ2n) is 4.43. The van der Waals surface area contributed by atoms with Gasteiger partial charge >= 0.3 is 0 Å². The summed E-state index contributed by atoms with van der Waals surface area (Å²) in [5.41, 5.74) is 7.83. The zero-order valence-electron chi connectivity index (χ0n) is 10.7. The molecule has 0 fully saturated rings. The lowest BCUT2D eigenvalue weighted by Gasteiger charge is -2.02. The van der Waals surface area contributed by atoms with Gasteiger partial charge in [-0.1, -0.05) is 17.7 Å². The van der Waals surface area contributed by atoms with Crippen LogP contribution in [0.2, 0.25) is 5.02 Å². The molecule has 0 aliphatic carbocycles. The van der Waals surface area contributed by atoms with Gasteiger partial charge in [-0.3, -0.25) is 0 Å². The molecule has 0 bridgehead atoms. The standard InChI is InChI=1S/C14H10ClFN2O2S/c15-11-5-9(16)2-1-8(11)7-21(19)14-18-12-6-10(17)3-4-13(12)20-14/h1-6H,7,17H2. The van der Waals surface area contributed by atoms with Crippen LogP contribution in [0.25, 0.3) is 11.1 Å². The van der Waals surface area contributed by atoms with Gasteiger partial charge in [0, 0.05) is 10.7 Å². The lowest BCUT2D eigenvalue weighted by atomic mass is 10.2. The molecule has 21 heavy (non-hydrogen) atoms. The Morgan fingerprint density at radius 2 is 2.10 bits per heavy atom. The van der Waals surface area contributed by atoms with Crippen molar-refractivity contribution in [1.29, 1.82) is 0 Å². The molecule has 0 aliphatic rings. The summed E-state index contributed by atoms with van der Waals surface area (Å²) in [5.74, 6) is -0.339. The van der Waals surface area contributed by atoms with Gasteiger partial charge in [0.1, 0.15) is 22.1 Å². The second kappa shape index (κ2) is 5.46. The number of rotatable bonds is 3. The van der Waals surface area contributed by atoms with Crippen LogP contribution < -0.4 is 5.73 Å². The van der Waals surface area contributed by atoms with Gasteiger partial charge in [-0.15, -0.1) is 0 Å². The van der Waals surface area contributed by atoms with Gasteiger partial charge in [-0.25, -0.2) is 13.6 Å². The highest BCUT2D eigenvalue weighted by Gasteiger charge is 2.15. The van der Waals surface area contributed by atoms with Crippen LogP contribution in [0, 0.1) is 5.82 Å². The summed E-state index contributed by atoms with van der Waals surface area (Å²) in [7, 11) is -1.52. The summed E-state index contributed by atoms with van der Waals surface area (Å²) in [5, 5.41) is 0.319. The molecule has 7 heteroatoms. The summed E-state index contributed by atoms with van der Waals surface area (Å²) in [6.45, 7) is 0. The topological polar surface area (TPSA) is 69.1 Å². The highest BCUT2D eigenvalue weighted by Crippen LogP contribution is 2.24. The molecule has 0 saturated heterocycles. The maximum atomic E-state index is 13.0. The molecule has 1 aromatic heterocycles. The number of halogens is 2. The molecule has 2 N–H and O–H groups in total. The van der Waals surface area contributed by atoms with Crippen molar-refractivity contribution in [2.24, 2.45) is 0 Å². The Labute approximate surface area is 127 Å². The first-order chi connectivity index (χ1) is 10.0. The summed E-state index contributed by atoms with van der Waals surface area (Å²) in [6.07, 6.45) is 0. The molecule has 1 heterocycles. The van der Waals surface area contributed by atoms with Gasteiger partial charge in [0.25, 0.3) is 5.22 Å². The van der Waals surface area contributed by atoms with E-state index in [1.807, 2.05) is 0 Å². The summed E-state index contributed by atoms with van der Waals surface area (Å²) >= 11 is 5.92. The molecule has 0 radical (unpaired) electrons. The minimum atomic E-state index is -1.52. The number of aromatic nitrogens is 1. The Kier molecular flexibility index (Phi) is 3.65. The normalized spacial score (nSPS) is 12.7. The van der Waals surface area contributed by atoms with E-state index in [0.29, 0.717) is 22.4 Å². The molecular formula is C14H10ClFN2O2S. The molecule has 0 spiro atoms. The molecule has 0 aliphatic heterocycles. The number of nitrogens with two attached hydrogens (primary N) is 1. The Balaban J connectivity index is 1.89. The lowest BCUT2D eigenvalue weighted by Crippen LogP contribution is -1.98. The molecule has 0 amide bonds. The lowest BCUT2D eigenvalue weighted by molar-refractivity contribution is 0.477. The van der Waals surface area contributed by atoms with Crippen molar-refractivity contribution in [2.75, 3.05) is 5.73 Å². The number of hydrogen-bond acceptors (Lipinski definition) is 4. The number of nitrogen functional groups attached to an aromatic ring is 1. The average molecular weight is 325 g/mol. The first-order valence-corrected chi connectivity index (χ1v) is 7.71. The van der Waals surface area contributed by atoms with Crippen LogP contribution in [-0.4, -0.2) is 9.19 Å². The van der Waals surface area contributed by atoms with E-state index in [2.05, 4.69) is 4.98 Å². The van der Waals surface area contributed by atoms with Crippen molar-refractivity contribution in [3.05, 3.63) is 52.8 Å². The van der Waals surface area contributed by atoms with Gasteiger partial charge in [0.2, 0.25) is 0 Å².